The van der Waals surface area contributed by atoms with Gasteiger partial charge in [-0.05, 0) is 44.5 Å². The molecule has 0 aliphatic carbocycles. The van der Waals surface area contributed by atoms with E-state index in [9.17, 15) is 10.1 Å². The zero-order valence-electron chi connectivity index (χ0n) is 12.6. The molecule has 0 spiro atoms. The molecule has 0 saturated carbocycles. The molecule has 1 heterocycles. The van der Waals surface area contributed by atoms with E-state index in [1.807, 2.05) is 6.92 Å². The Hall–Kier alpha value is -2.08. The molecule has 0 radical (unpaired) electrons. The Balaban J connectivity index is 2.35. The lowest BCUT2D eigenvalue weighted by molar-refractivity contribution is -0.383. The predicted molar refractivity (Wildman–Crippen MR) is 88.5 cm³/mol. The van der Waals surface area contributed by atoms with E-state index in [1.54, 1.807) is 36.6 Å². The largest absolute Gasteiger partial charge is 0.382 e. The van der Waals surface area contributed by atoms with Gasteiger partial charge >= 0.3 is 5.69 Å². The lowest BCUT2D eigenvalue weighted by atomic mass is 10.1. The quantitative estimate of drug-likeness (QED) is 0.631. The van der Waals surface area contributed by atoms with Crippen molar-refractivity contribution in [1.29, 1.82) is 0 Å². The van der Waals surface area contributed by atoms with Crippen LogP contribution in [-0.4, -0.2) is 12.0 Å². The van der Waals surface area contributed by atoms with Gasteiger partial charge in [-0.1, -0.05) is 6.07 Å². The third-order valence-electron chi connectivity index (χ3n) is 3.41. The predicted octanol–water partition coefficient (Wildman–Crippen LogP) is 4.49. The van der Waals surface area contributed by atoms with Crippen LogP contribution >= 0.6 is 11.3 Å². The molecule has 1 aromatic heterocycles. The van der Waals surface area contributed by atoms with E-state index < -0.39 is 0 Å². The molecule has 6 heteroatoms. The maximum absolute atomic E-state index is 11.3. The molecular formula is C15H19N3O2S. The molecule has 0 amide bonds. The monoisotopic (exact) mass is 305 g/mol. The van der Waals surface area contributed by atoms with Crippen molar-refractivity contribution >= 4 is 28.4 Å². The van der Waals surface area contributed by atoms with Crippen LogP contribution in [-0.2, 0) is 0 Å². The maximum atomic E-state index is 11.3. The average molecular weight is 305 g/mol. The first kappa shape index (κ1) is 15.3. The number of nitro benzene ring substituents is 1. The number of aryl methyl sites for hydroxylation is 2. The van der Waals surface area contributed by atoms with E-state index in [0.717, 1.165) is 0 Å². The number of benzene rings is 1. The normalized spacial score (nSPS) is 12.0. The molecule has 1 unspecified atom stereocenters. The van der Waals surface area contributed by atoms with Gasteiger partial charge in [0.2, 0.25) is 0 Å². The van der Waals surface area contributed by atoms with Crippen LogP contribution < -0.4 is 10.6 Å². The minimum atomic E-state index is -0.355. The molecule has 5 nitrogen and oxygen atoms in total. The molecule has 0 saturated heterocycles. The van der Waals surface area contributed by atoms with Gasteiger partial charge in [0.15, 0.2) is 0 Å². The van der Waals surface area contributed by atoms with Crippen LogP contribution in [0.5, 0.6) is 0 Å². The summed E-state index contributed by atoms with van der Waals surface area (Å²) in [6.07, 6.45) is 0. The van der Waals surface area contributed by atoms with Crippen molar-refractivity contribution in [3.8, 4) is 0 Å². The van der Waals surface area contributed by atoms with E-state index in [1.165, 1.54) is 15.3 Å². The summed E-state index contributed by atoms with van der Waals surface area (Å²) in [5.74, 6) is 0. The smallest absolute Gasteiger partial charge is 0.315 e. The highest BCUT2D eigenvalue weighted by molar-refractivity contribution is 7.12. The third-order valence-corrected chi connectivity index (χ3v) is 4.39. The summed E-state index contributed by atoms with van der Waals surface area (Å²) in [7, 11) is 1.68. The van der Waals surface area contributed by atoms with Crippen LogP contribution in [0.3, 0.4) is 0 Å². The van der Waals surface area contributed by atoms with E-state index >= 15 is 0 Å². The summed E-state index contributed by atoms with van der Waals surface area (Å²) in [5, 5.41) is 17.4. The lowest BCUT2D eigenvalue weighted by Gasteiger charge is -2.16. The summed E-state index contributed by atoms with van der Waals surface area (Å²) in [6.45, 7) is 6.16. The highest BCUT2D eigenvalue weighted by atomic mass is 32.1. The van der Waals surface area contributed by atoms with E-state index in [-0.39, 0.29) is 16.7 Å². The zero-order chi connectivity index (χ0) is 15.6. The fourth-order valence-electron chi connectivity index (χ4n) is 2.45. The molecule has 2 rings (SSSR count). The number of rotatable bonds is 5. The first-order valence-electron chi connectivity index (χ1n) is 6.72. The lowest BCUT2D eigenvalue weighted by Crippen LogP contribution is -2.09. The molecule has 0 aliphatic heterocycles. The van der Waals surface area contributed by atoms with Gasteiger partial charge < -0.3 is 10.6 Å². The average Bonchev–Trinajstić information content (AvgIpc) is 2.77. The minimum Gasteiger partial charge on any atom is -0.382 e. The van der Waals surface area contributed by atoms with Crippen LogP contribution in [0.2, 0.25) is 0 Å². The van der Waals surface area contributed by atoms with Gasteiger partial charge in [0.1, 0.15) is 11.4 Å². The highest BCUT2D eigenvalue weighted by Crippen LogP contribution is 2.36. The highest BCUT2D eigenvalue weighted by Gasteiger charge is 2.21. The number of anilines is 2. The third kappa shape index (κ3) is 3.16. The molecule has 0 bridgehead atoms. The van der Waals surface area contributed by atoms with Crippen molar-refractivity contribution in [3.63, 3.8) is 0 Å². The van der Waals surface area contributed by atoms with Gasteiger partial charge in [-0.25, -0.2) is 0 Å². The van der Waals surface area contributed by atoms with E-state index in [2.05, 4.69) is 30.5 Å². The summed E-state index contributed by atoms with van der Waals surface area (Å²) < 4.78 is 0. The van der Waals surface area contributed by atoms with E-state index in [0.29, 0.717) is 11.4 Å². The fraction of sp³-hybridized carbons (Fsp3) is 0.333. The second-order valence-corrected chi connectivity index (χ2v) is 6.40. The Morgan fingerprint density at radius 1 is 1.29 bits per heavy atom. The van der Waals surface area contributed by atoms with Crippen LogP contribution in [0.4, 0.5) is 17.1 Å². The molecule has 1 aromatic carbocycles. The molecule has 1 atom stereocenters. The minimum absolute atomic E-state index is 0.0146. The van der Waals surface area contributed by atoms with Gasteiger partial charge in [0.05, 0.1) is 4.92 Å². The number of nitrogens with zero attached hydrogens (tertiary/aromatic N) is 1. The molecule has 2 N–H and O–H groups in total. The number of para-hydroxylation sites is 1. The Bertz CT molecular complexity index is 667. The van der Waals surface area contributed by atoms with Crippen LogP contribution in [0, 0.1) is 24.0 Å². The van der Waals surface area contributed by atoms with E-state index in [4.69, 9.17) is 0 Å². The number of thiophene rings is 1. The topological polar surface area (TPSA) is 67.2 Å². The van der Waals surface area contributed by atoms with Crippen LogP contribution in [0.25, 0.3) is 0 Å². The number of nitro groups is 1. The SMILES string of the molecule is CNc1cccc(NC(C)c2cc(C)sc2C)c1[N+](=O)[O-]. The van der Waals surface area contributed by atoms with Crippen molar-refractivity contribution < 1.29 is 4.92 Å². The molecule has 0 fully saturated rings. The molecular weight excluding hydrogens is 286 g/mol. The Morgan fingerprint density at radius 2 is 1.95 bits per heavy atom. The van der Waals surface area contributed by atoms with Crippen molar-refractivity contribution in [2.24, 2.45) is 0 Å². The molecule has 0 aliphatic rings. The maximum Gasteiger partial charge on any atom is 0.315 e. The van der Waals surface area contributed by atoms with Crippen molar-refractivity contribution in [2.75, 3.05) is 17.7 Å². The molecule has 2 aromatic rings. The first-order valence-corrected chi connectivity index (χ1v) is 7.54. The first-order chi connectivity index (χ1) is 9.93. The summed E-state index contributed by atoms with van der Waals surface area (Å²) in [4.78, 5) is 13.4. The Kier molecular flexibility index (Phi) is 4.47. The Labute approximate surface area is 128 Å². The van der Waals surface area contributed by atoms with Crippen molar-refractivity contribution in [2.45, 2.75) is 26.8 Å². The molecule has 21 heavy (non-hydrogen) atoms. The van der Waals surface area contributed by atoms with Crippen LogP contribution in [0.1, 0.15) is 28.3 Å². The second kappa shape index (κ2) is 6.13. The van der Waals surface area contributed by atoms with Crippen LogP contribution in [0.15, 0.2) is 24.3 Å². The van der Waals surface area contributed by atoms with Gasteiger partial charge in [-0.15, -0.1) is 11.3 Å². The molecule has 112 valence electrons. The summed E-state index contributed by atoms with van der Waals surface area (Å²) in [5.41, 5.74) is 2.30. The standard InChI is InChI=1S/C15H19N3O2S/c1-9-8-12(11(3)21-9)10(2)17-14-7-5-6-13(16-4)15(14)18(19)20/h5-8,10,16-17H,1-4H3. The van der Waals surface area contributed by atoms with Gasteiger partial charge in [-0.2, -0.15) is 0 Å². The fourth-order valence-corrected chi connectivity index (χ4v) is 3.47. The summed E-state index contributed by atoms with van der Waals surface area (Å²) in [6, 6.07) is 7.39. The number of nitrogens with one attached hydrogen (secondary N) is 2. The van der Waals surface area contributed by atoms with Crippen molar-refractivity contribution in [3.05, 3.63) is 49.7 Å². The second-order valence-electron chi connectivity index (χ2n) is 4.94. The van der Waals surface area contributed by atoms with Gasteiger partial charge in [0.25, 0.3) is 0 Å². The number of hydrogen-bond acceptors (Lipinski definition) is 5. The number of hydrogen-bond donors (Lipinski definition) is 2. The van der Waals surface area contributed by atoms with Gasteiger partial charge in [0, 0.05) is 22.8 Å². The zero-order valence-corrected chi connectivity index (χ0v) is 13.4. The van der Waals surface area contributed by atoms with Gasteiger partial charge in [-0.3, -0.25) is 10.1 Å². The Morgan fingerprint density at radius 3 is 2.48 bits per heavy atom. The van der Waals surface area contributed by atoms with Crippen molar-refractivity contribution in [1.82, 2.24) is 0 Å². The summed E-state index contributed by atoms with van der Waals surface area (Å²) >= 11 is 1.74.